The molecule has 8 heteroatoms. The van der Waals surface area contributed by atoms with Gasteiger partial charge in [-0.15, -0.1) is 0 Å². The van der Waals surface area contributed by atoms with Crippen LogP contribution in [0.15, 0.2) is 18.2 Å². The Labute approximate surface area is 116 Å². The highest BCUT2D eigenvalue weighted by Gasteiger charge is 2.48. The molecule has 21 heavy (non-hydrogen) atoms. The van der Waals surface area contributed by atoms with Crippen molar-refractivity contribution in [1.82, 2.24) is 5.32 Å². The molecule has 0 saturated heterocycles. The van der Waals surface area contributed by atoms with Crippen molar-refractivity contribution in [2.75, 3.05) is 0 Å². The number of halogens is 4. The van der Waals surface area contributed by atoms with Crippen LogP contribution in [-0.2, 0) is 22.3 Å². The van der Waals surface area contributed by atoms with Crippen LogP contribution in [0.2, 0.25) is 0 Å². The molecule has 1 aliphatic carbocycles. The lowest BCUT2D eigenvalue weighted by atomic mass is 10.1. The van der Waals surface area contributed by atoms with Crippen LogP contribution in [-0.4, -0.2) is 17.0 Å². The summed E-state index contributed by atoms with van der Waals surface area (Å²) in [5.41, 5.74) is -1.43. The molecule has 1 fully saturated rings. The number of hydrogen-bond donors (Lipinski definition) is 2. The Morgan fingerprint density at radius 3 is 2.48 bits per heavy atom. The second kappa shape index (κ2) is 5.34. The number of hydrogen-bond acceptors (Lipinski definition) is 2. The van der Waals surface area contributed by atoms with E-state index < -0.39 is 47.8 Å². The Bertz CT molecular complexity index is 585. The van der Waals surface area contributed by atoms with E-state index in [-0.39, 0.29) is 12.0 Å². The Morgan fingerprint density at radius 2 is 1.95 bits per heavy atom. The van der Waals surface area contributed by atoms with Gasteiger partial charge in [-0.25, -0.2) is 4.39 Å². The molecular formula is C13H11F4NO3. The summed E-state index contributed by atoms with van der Waals surface area (Å²) in [7, 11) is 0. The topological polar surface area (TPSA) is 66.4 Å². The monoisotopic (exact) mass is 305 g/mol. The Morgan fingerprint density at radius 1 is 1.29 bits per heavy atom. The fourth-order valence-electron chi connectivity index (χ4n) is 2.04. The van der Waals surface area contributed by atoms with Crippen LogP contribution in [0, 0.1) is 17.7 Å². The second-order valence-corrected chi connectivity index (χ2v) is 4.80. The molecule has 0 unspecified atom stereocenters. The first-order valence-corrected chi connectivity index (χ1v) is 6.06. The first-order chi connectivity index (χ1) is 9.70. The first kappa shape index (κ1) is 15.3. The maximum absolute atomic E-state index is 12.9. The maximum Gasteiger partial charge on any atom is 0.416 e. The third kappa shape index (κ3) is 3.50. The fourth-order valence-corrected chi connectivity index (χ4v) is 2.04. The van der Waals surface area contributed by atoms with E-state index in [9.17, 15) is 27.2 Å². The maximum atomic E-state index is 12.9. The molecule has 0 spiro atoms. The lowest BCUT2D eigenvalue weighted by molar-refractivity contribution is -0.140. The number of carbonyl (C=O) groups is 2. The van der Waals surface area contributed by atoms with E-state index in [1.807, 2.05) is 0 Å². The predicted molar refractivity (Wildman–Crippen MR) is 62.5 cm³/mol. The van der Waals surface area contributed by atoms with Gasteiger partial charge in [0.15, 0.2) is 0 Å². The second-order valence-electron chi connectivity index (χ2n) is 4.80. The predicted octanol–water partition coefficient (Wildman–Crippen LogP) is 2.18. The minimum atomic E-state index is -4.73. The minimum absolute atomic E-state index is 0.177. The number of nitrogens with one attached hydrogen (secondary N) is 1. The lowest BCUT2D eigenvalue weighted by Gasteiger charge is -2.13. The van der Waals surface area contributed by atoms with E-state index >= 15 is 0 Å². The molecular weight excluding hydrogens is 294 g/mol. The average Bonchev–Trinajstić information content (AvgIpc) is 3.16. The average molecular weight is 305 g/mol. The summed E-state index contributed by atoms with van der Waals surface area (Å²) in [6.45, 7) is -0.434. The molecule has 1 aromatic rings. The third-order valence-corrected chi connectivity index (χ3v) is 3.27. The largest absolute Gasteiger partial charge is 0.481 e. The number of carboxylic acids is 1. The van der Waals surface area contributed by atoms with Crippen molar-refractivity contribution >= 4 is 11.9 Å². The summed E-state index contributed by atoms with van der Waals surface area (Å²) in [6.07, 6.45) is -4.55. The van der Waals surface area contributed by atoms with Crippen LogP contribution < -0.4 is 5.32 Å². The van der Waals surface area contributed by atoms with Gasteiger partial charge in [0, 0.05) is 6.54 Å². The van der Waals surface area contributed by atoms with Gasteiger partial charge in [-0.2, -0.15) is 13.2 Å². The van der Waals surface area contributed by atoms with Crippen molar-refractivity contribution in [3.05, 3.63) is 35.1 Å². The van der Waals surface area contributed by atoms with E-state index in [2.05, 4.69) is 5.32 Å². The molecule has 2 atom stereocenters. The van der Waals surface area contributed by atoms with Crippen LogP contribution in [0.4, 0.5) is 17.6 Å². The zero-order valence-electron chi connectivity index (χ0n) is 10.6. The summed E-state index contributed by atoms with van der Waals surface area (Å²) < 4.78 is 51.1. The van der Waals surface area contributed by atoms with Gasteiger partial charge in [0.05, 0.1) is 17.4 Å². The number of amides is 1. The number of rotatable bonds is 4. The van der Waals surface area contributed by atoms with E-state index in [4.69, 9.17) is 5.11 Å². The molecule has 0 radical (unpaired) electrons. The van der Waals surface area contributed by atoms with E-state index in [1.165, 1.54) is 0 Å². The van der Waals surface area contributed by atoms with E-state index in [0.717, 1.165) is 12.1 Å². The minimum Gasteiger partial charge on any atom is -0.481 e. The summed E-state index contributed by atoms with van der Waals surface area (Å²) >= 11 is 0. The molecule has 1 amide bonds. The van der Waals surface area contributed by atoms with Gasteiger partial charge >= 0.3 is 12.1 Å². The lowest BCUT2D eigenvalue weighted by Crippen LogP contribution is -2.27. The van der Waals surface area contributed by atoms with Gasteiger partial charge in [-0.1, -0.05) is 6.07 Å². The summed E-state index contributed by atoms with van der Waals surface area (Å²) in [4.78, 5) is 22.2. The molecule has 114 valence electrons. The molecule has 4 nitrogen and oxygen atoms in total. The van der Waals surface area contributed by atoms with Crippen molar-refractivity contribution in [2.24, 2.45) is 11.8 Å². The van der Waals surface area contributed by atoms with Gasteiger partial charge in [0.25, 0.3) is 0 Å². The SMILES string of the molecule is O=C(O)[C@@H]1C[C@H]1C(=O)NCc1ccc(F)cc1C(F)(F)F. The highest BCUT2D eigenvalue weighted by molar-refractivity contribution is 5.89. The highest BCUT2D eigenvalue weighted by atomic mass is 19.4. The van der Waals surface area contributed by atoms with Crippen molar-refractivity contribution in [2.45, 2.75) is 19.1 Å². The van der Waals surface area contributed by atoms with Crippen molar-refractivity contribution in [3.63, 3.8) is 0 Å². The van der Waals surface area contributed by atoms with Crippen LogP contribution in [0.3, 0.4) is 0 Å². The molecule has 2 rings (SSSR count). The van der Waals surface area contributed by atoms with Gasteiger partial charge < -0.3 is 10.4 Å². The molecule has 1 aliphatic rings. The fraction of sp³-hybridized carbons (Fsp3) is 0.385. The number of alkyl halides is 3. The smallest absolute Gasteiger partial charge is 0.416 e. The normalized spacial score (nSPS) is 21.0. The molecule has 0 bridgehead atoms. The number of aliphatic carboxylic acids is 1. The van der Waals surface area contributed by atoms with Crippen LogP contribution in [0.1, 0.15) is 17.5 Å². The van der Waals surface area contributed by atoms with Gasteiger partial charge in [0.2, 0.25) is 5.91 Å². The van der Waals surface area contributed by atoms with Crippen LogP contribution in [0.25, 0.3) is 0 Å². The zero-order chi connectivity index (χ0) is 15.8. The molecule has 0 heterocycles. The zero-order valence-corrected chi connectivity index (χ0v) is 10.6. The molecule has 1 saturated carbocycles. The highest BCUT2D eigenvalue weighted by Crippen LogP contribution is 2.39. The third-order valence-electron chi connectivity index (χ3n) is 3.27. The number of benzene rings is 1. The summed E-state index contributed by atoms with van der Waals surface area (Å²) in [6, 6.07) is 2.17. The Hall–Kier alpha value is -2.12. The Kier molecular flexibility index (Phi) is 3.89. The summed E-state index contributed by atoms with van der Waals surface area (Å²) in [5.74, 6) is -4.23. The quantitative estimate of drug-likeness (QED) is 0.838. The van der Waals surface area contributed by atoms with Crippen molar-refractivity contribution in [1.29, 1.82) is 0 Å². The first-order valence-electron chi connectivity index (χ1n) is 6.06. The number of carboxylic acid groups (broad SMARTS) is 1. The standard InChI is InChI=1S/C13H11F4NO3/c14-7-2-1-6(10(3-7)13(15,16)17)5-18-11(19)8-4-9(8)12(20)21/h1-3,8-9H,4-5H2,(H,18,19)(H,20,21)/t8-,9-/m1/s1. The molecule has 0 aromatic heterocycles. The van der Waals surface area contributed by atoms with Crippen molar-refractivity contribution < 1.29 is 32.3 Å². The van der Waals surface area contributed by atoms with Gasteiger partial charge in [-0.3, -0.25) is 9.59 Å². The van der Waals surface area contributed by atoms with Gasteiger partial charge in [-0.05, 0) is 24.1 Å². The van der Waals surface area contributed by atoms with Gasteiger partial charge in [0.1, 0.15) is 5.82 Å². The van der Waals surface area contributed by atoms with Crippen molar-refractivity contribution in [3.8, 4) is 0 Å². The molecule has 2 N–H and O–H groups in total. The van der Waals surface area contributed by atoms with Crippen LogP contribution in [0.5, 0.6) is 0 Å². The van der Waals surface area contributed by atoms with E-state index in [0.29, 0.717) is 6.07 Å². The molecule has 1 aromatic carbocycles. The van der Waals surface area contributed by atoms with E-state index in [1.54, 1.807) is 0 Å². The summed E-state index contributed by atoms with van der Waals surface area (Å²) in [5, 5.41) is 10.9. The molecule has 0 aliphatic heterocycles. The Balaban J connectivity index is 2.04. The van der Waals surface area contributed by atoms with Crippen LogP contribution >= 0.6 is 0 Å². The number of carbonyl (C=O) groups excluding carboxylic acids is 1.